The first-order chi connectivity index (χ1) is 11.2. The predicted molar refractivity (Wildman–Crippen MR) is 86.9 cm³/mol. The van der Waals surface area contributed by atoms with Gasteiger partial charge < -0.3 is 5.11 Å². The molecule has 0 aliphatic carbocycles. The van der Waals surface area contributed by atoms with Crippen LogP contribution in [0.3, 0.4) is 0 Å². The van der Waals surface area contributed by atoms with Crippen molar-refractivity contribution in [2.24, 2.45) is 0 Å². The second kappa shape index (κ2) is 8.22. The van der Waals surface area contributed by atoms with Gasteiger partial charge in [-0.05, 0) is 62.4 Å². The van der Waals surface area contributed by atoms with Crippen molar-refractivity contribution in [3.05, 3.63) is 29.8 Å². The average molecular weight is 362 g/mol. The van der Waals surface area contributed by atoms with Crippen molar-refractivity contribution < 1.29 is 23.1 Å². The Morgan fingerprint density at radius 3 is 2.38 bits per heavy atom. The number of aliphatic carboxylic acids is 1. The molecule has 1 saturated heterocycles. The van der Waals surface area contributed by atoms with E-state index >= 15 is 0 Å². The van der Waals surface area contributed by atoms with Crippen molar-refractivity contribution in [3.63, 3.8) is 0 Å². The maximum absolute atomic E-state index is 12.3. The number of thioether (sulfide) groups is 1. The van der Waals surface area contributed by atoms with Crippen LogP contribution in [0, 0.1) is 0 Å². The van der Waals surface area contributed by atoms with E-state index in [1.807, 2.05) is 11.9 Å². The van der Waals surface area contributed by atoms with E-state index in [1.54, 1.807) is 12.1 Å². The summed E-state index contributed by atoms with van der Waals surface area (Å²) < 4.78 is 36.9. The Kier molecular flexibility index (Phi) is 6.54. The number of rotatable bonds is 6. The zero-order valence-electron chi connectivity index (χ0n) is 13.4. The quantitative estimate of drug-likeness (QED) is 0.787. The first kappa shape index (κ1) is 19.1. The number of carboxylic acids is 1. The fourth-order valence-electron chi connectivity index (χ4n) is 2.92. The van der Waals surface area contributed by atoms with Gasteiger partial charge in [-0.3, -0.25) is 14.6 Å². The number of hydrogen-bond acceptors (Lipinski definition) is 4. The van der Waals surface area contributed by atoms with Crippen LogP contribution in [-0.2, 0) is 11.3 Å². The zero-order chi connectivity index (χ0) is 17.7. The number of likely N-dealkylation sites (tertiary alicyclic amines) is 1. The molecule has 0 amide bonds. The van der Waals surface area contributed by atoms with Gasteiger partial charge >= 0.3 is 11.5 Å². The smallest absolute Gasteiger partial charge is 0.446 e. The van der Waals surface area contributed by atoms with Crippen molar-refractivity contribution in [2.75, 3.05) is 26.7 Å². The standard InChI is InChI=1S/C16H21F3N2O2S/c1-20(11-15(22)23)13-6-8-21(9-7-13)10-12-2-4-14(5-3-12)24-16(17,18)19/h2-5,13H,6-11H2,1H3,(H,22,23). The molecule has 24 heavy (non-hydrogen) atoms. The summed E-state index contributed by atoms with van der Waals surface area (Å²) in [5.74, 6) is -0.822. The molecule has 0 saturated carbocycles. The van der Waals surface area contributed by atoms with Gasteiger partial charge in [-0.25, -0.2) is 0 Å². The monoisotopic (exact) mass is 362 g/mol. The Morgan fingerprint density at radius 1 is 1.29 bits per heavy atom. The molecule has 0 aromatic heterocycles. The van der Waals surface area contributed by atoms with Crippen LogP contribution in [-0.4, -0.2) is 59.1 Å². The van der Waals surface area contributed by atoms with E-state index in [0.717, 1.165) is 31.5 Å². The molecule has 8 heteroatoms. The van der Waals surface area contributed by atoms with Gasteiger partial charge in [0.15, 0.2) is 0 Å². The van der Waals surface area contributed by atoms with E-state index in [0.29, 0.717) is 6.54 Å². The summed E-state index contributed by atoms with van der Waals surface area (Å²) in [6.07, 6.45) is 1.79. The summed E-state index contributed by atoms with van der Waals surface area (Å²) in [6, 6.07) is 6.73. The van der Waals surface area contributed by atoms with Gasteiger partial charge in [0.05, 0.1) is 6.54 Å². The van der Waals surface area contributed by atoms with Crippen LogP contribution in [0.4, 0.5) is 13.2 Å². The third-order valence-corrected chi connectivity index (χ3v) is 4.87. The minimum atomic E-state index is -4.26. The highest BCUT2D eigenvalue weighted by molar-refractivity contribution is 8.00. The lowest BCUT2D eigenvalue weighted by Crippen LogP contribution is -2.44. The number of benzene rings is 1. The molecule has 134 valence electrons. The summed E-state index contributed by atoms with van der Waals surface area (Å²) >= 11 is -0.103. The largest absolute Gasteiger partial charge is 0.480 e. The number of halogens is 3. The summed E-state index contributed by atoms with van der Waals surface area (Å²) in [4.78, 5) is 15.1. The maximum atomic E-state index is 12.3. The van der Waals surface area contributed by atoms with Crippen molar-refractivity contribution in [1.29, 1.82) is 0 Å². The molecule has 1 heterocycles. The minimum Gasteiger partial charge on any atom is -0.480 e. The summed E-state index contributed by atoms with van der Waals surface area (Å²) in [6.45, 7) is 2.46. The molecule has 4 nitrogen and oxygen atoms in total. The molecule has 1 N–H and O–H groups in total. The normalized spacial score (nSPS) is 17.4. The van der Waals surface area contributed by atoms with Gasteiger partial charge in [0.1, 0.15) is 0 Å². The van der Waals surface area contributed by atoms with Crippen LogP contribution in [0.2, 0.25) is 0 Å². The molecule has 0 bridgehead atoms. The first-order valence-electron chi connectivity index (χ1n) is 7.72. The van der Waals surface area contributed by atoms with Crippen molar-refractivity contribution in [1.82, 2.24) is 9.80 Å². The van der Waals surface area contributed by atoms with E-state index in [4.69, 9.17) is 5.11 Å². The maximum Gasteiger partial charge on any atom is 0.446 e. The van der Waals surface area contributed by atoms with Gasteiger partial charge in [0.25, 0.3) is 0 Å². The molecule has 2 rings (SSSR count). The third-order valence-electron chi connectivity index (χ3n) is 4.13. The summed E-state index contributed by atoms with van der Waals surface area (Å²) in [5, 5.41) is 8.83. The number of carbonyl (C=O) groups is 1. The highest BCUT2D eigenvalue weighted by Crippen LogP contribution is 2.36. The van der Waals surface area contributed by atoms with Gasteiger partial charge in [0, 0.05) is 17.5 Å². The van der Waals surface area contributed by atoms with Gasteiger partial charge in [-0.15, -0.1) is 0 Å². The van der Waals surface area contributed by atoms with Gasteiger partial charge in [0.2, 0.25) is 0 Å². The van der Waals surface area contributed by atoms with Gasteiger partial charge in [-0.2, -0.15) is 13.2 Å². The van der Waals surface area contributed by atoms with E-state index in [2.05, 4.69) is 4.90 Å². The molecule has 0 radical (unpaired) electrons. The second-order valence-corrected chi connectivity index (χ2v) is 7.15. The van der Waals surface area contributed by atoms with Crippen molar-refractivity contribution >= 4 is 17.7 Å². The van der Waals surface area contributed by atoms with Gasteiger partial charge in [-0.1, -0.05) is 12.1 Å². The number of alkyl halides is 3. The van der Waals surface area contributed by atoms with Crippen LogP contribution in [0.15, 0.2) is 29.2 Å². The Labute approximate surface area is 143 Å². The molecule has 0 atom stereocenters. The zero-order valence-corrected chi connectivity index (χ0v) is 14.2. The topological polar surface area (TPSA) is 43.8 Å². The van der Waals surface area contributed by atoms with E-state index < -0.39 is 11.5 Å². The highest BCUT2D eigenvalue weighted by atomic mass is 32.2. The van der Waals surface area contributed by atoms with E-state index in [9.17, 15) is 18.0 Å². The molecular weight excluding hydrogens is 341 g/mol. The Morgan fingerprint density at radius 2 is 1.88 bits per heavy atom. The molecule has 0 spiro atoms. The van der Waals surface area contributed by atoms with Crippen LogP contribution < -0.4 is 0 Å². The Hall–Kier alpha value is -1.25. The van der Waals surface area contributed by atoms with Crippen molar-refractivity contribution in [3.8, 4) is 0 Å². The minimum absolute atomic E-state index is 0.0446. The number of nitrogens with zero attached hydrogens (tertiary/aromatic N) is 2. The van der Waals surface area contributed by atoms with E-state index in [1.165, 1.54) is 12.1 Å². The Balaban J connectivity index is 1.80. The van der Waals surface area contributed by atoms with E-state index in [-0.39, 0.29) is 29.2 Å². The molecule has 1 aliphatic heterocycles. The second-order valence-electron chi connectivity index (χ2n) is 6.01. The SMILES string of the molecule is CN(CC(=O)O)C1CCN(Cc2ccc(SC(F)(F)F)cc2)CC1. The fourth-order valence-corrected chi connectivity index (χ4v) is 3.45. The number of hydrogen-bond donors (Lipinski definition) is 1. The molecule has 1 aromatic rings. The molecule has 1 fully saturated rings. The Bertz CT molecular complexity index is 543. The van der Waals surface area contributed by atoms with Crippen LogP contribution in [0.5, 0.6) is 0 Å². The summed E-state index contributed by atoms with van der Waals surface area (Å²) in [7, 11) is 1.82. The molecule has 0 unspecified atom stereocenters. The lowest BCUT2D eigenvalue weighted by molar-refractivity contribution is -0.138. The number of piperidine rings is 1. The number of likely N-dealkylation sites (N-methyl/N-ethyl adjacent to an activating group) is 1. The fraction of sp³-hybridized carbons (Fsp3) is 0.562. The van der Waals surface area contributed by atoms with Crippen LogP contribution >= 0.6 is 11.8 Å². The molecule has 1 aliphatic rings. The average Bonchev–Trinajstić information content (AvgIpc) is 2.48. The number of carboxylic acid groups (broad SMARTS) is 1. The summed E-state index contributed by atoms with van der Waals surface area (Å²) in [5.41, 5.74) is -3.27. The lowest BCUT2D eigenvalue weighted by Gasteiger charge is -2.36. The molecular formula is C16H21F3N2O2S. The third kappa shape index (κ3) is 6.33. The van der Waals surface area contributed by atoms with Crippen molar-refractivity contribution in [2.45, 2.75) is 35.8 Å². The van der Waals surface area contributed by atoms with Crippen LogP contribution in [0.1, 0.15) is 18.4 Å². The van der Waals surface area contributed by atoms with Crippen LogP contribution in [0.25, 0.3) is 0 Å². The lowest BCUT2D eigenvalue weighted by atomic mass is 10.0. The highest BCUT2D eigenvalue weighted by Gasteiger charge is 2.29. The first-order valence-corrected chi connectivity index (χ1v) is 8.53. The molecule has 1 aromatic carbocycles. The predicted octanol–water partition coefficient (Wildman–Crippen LogP) is 3.28.